The lowest BCUT2D eigenvalue weighted by Crippen LogP contribution is -2.28. The van der Waals surface area contributed by atoms with E-state index in [4.69, 9.17) is 10.5 Å². The molecule has 84 valence electrons. The monoisotopic (exact) mass is 207 g/mol. The van der Waals surface area contributed by atoms with Crippen LogP contribution in [0.25, 0.3) is 0 Å². The summed E-state index contributed by atoms with van der Waals surface area (Å²) >= 11 is 0. The first-order valence-corrected chi connectivity index (χ1v) is 5.43. The third kappa shape index (κ3) is 3.24. The van der Waals surface area contributed by atoms with Gasteiger partial charge in [-0.3, -0.25) is 0 Å². The molecule has 1 aromatic carbocycles. The molecule has 1 aromatic rings. The maximum Gasteiger partial charge on any atom is 0.122 e. The highest BCUT2D eigenvalue weighted by molar-refractivity contribution is 5.37. The van der Waals surface area contributed by atoms with Crippen LogP contribution in [-0.2, 0) is 6.42 Å². The average molecular weight is 207 g/mol. The molecule has 0 bridgehead atoms. The molecule has 2 nitrogen and oxygen atoms in total. The predicted molar refractivity (Wildman–Crippen MR) is 64.2 cm³/mol. The molecule has 0 heterocycles. The number of benzene rings is 1. The highest BCUT2D eigenvalue weighted by Crippen LogP contribution is 2.22. The van der Waals surface area contributed by atoms with Crippen molar-refractivity contribution in [2.45, 2.75) is 33.2 Å². The van der Waals surface area contributed by atoms with Gasteiger partial charge in [0.25, 0.3) is 0 Å². The van der Waals surface area contributed by atoms with Crippen LogP contribution < -0.4 is 10.5 Å². The lowest BCUT2D eigenvalue weighted by atomic mass is 9.96. The summed E-state index contributed by atoms with van der Waals surface area (Å²) in [5.41, 5.74) is 8.53. The number of nitrogens with two attached hydrogens (primary N) is 1. The van der Waals surface area contributed by atoms with Gasteiger partial charge in [-0.15, -0.1) is 0 Å². The van der Waals surface area contributed by atoms with Crippen molar-refractivity contribution >= 4 is 0 Å². The van der Waals surface area contributed by atoms with Crippen LogP contribution in [-0.4, -0.2) is 13.2 Å². The Labute approximate surface area is 92.4 Å². The third-order valence-electron chi connectivity index (χ3n) is 2.75. The van der Waals surface area contributed by atoms with Crippen LogP contribution in [0, 0.1) is 12.8 Å². The Balaban J connectivity index is 2.87. The fourth-order valence-corrected chi connectivity index (χ4v) is 1.56. The summed E-state index contributed by atoms with van der Waals surface area (Å²) < 4.78 is 5.33. The molecule has 0 aliphatic heterocycles. The molecule has 0 unspecified atom stereocenters. The van der Waals surface area contributed by atoms with Gasteiger partial charge in [0.1, 0.15) is 5.75 Å². The van der Waals surface area contributed by atoms with Crippen molar-refractivity contribution in [2.75, 3.05) is 7.11 Å². The van der Waals surface area contributed by atoms with Crippen molar-refractivity contribution in [3.05, 3.63) is 29.3 Å². The molecular weight excluding hydrogens is 186 g/mol. The number of hydrogen-bond acceptors (Lipinski definition) is 2. The topological polar surface area (TPSA) is 35.2 Å². The van der Waals surface area contributed by atoms with E-state index >= 15 is 0 Å². The van der Waals surface area contributed by atoms with Crippen LogP contribution in [0.1, 0.15) is 25.0 Å². The maximum absolute atomic E-state index is 6.07. The average Bonchev–Trinajstić information content (AvgIpc) is 2.18. The van der Waals surface area contributed by atoms with Crippen molar-refractivity contribution in [1.82, 2.24) is 0 Å². The standard InChI is InChI=1S/C13H21NO/c1-9(2)12(14)8-11-7-10(3)5-6-13(11)15-4/h5-7,9,12H,8,14H2,1-4H3/t12-/m0/s1. The summed E-state index contributed by atoms with van der Waals surface area (Å²) in [5, 5.41) is 0. The van der Waals surface area contributed by atoms with Gasteiger partial charge in [0.05, 0.1) is 7.11 Å². The molecule has 0 saturated carbocycles. The Morgan fingerprint density at radius 3 is 2.53 bits per heavy atom. The van der Waals surface area contributed by atoms with Crippen molar-refractivity contribution in [2.24, 2.45) is 11.7 Å². The van der Waals surface area contributed by atoms with Crippen LogP contribution in [0.5, 0.6) is 5.75 Å². The molecule has 0 amide bonds. The summed E-state index contributed by atoms with van der Waals surface area (Å²) in [4.78, 5) is 0. The molecule has 0 aromatic heterocycles. The Morgan fingerprint density at radius 2 is 2.00 bits per heavy atom. The number of aryl methyl sites for hydroxylation is 1. The quantitative estimate of drug-likeness (QED) is 0.823. The normalized spacial score (nSPS) is 12.9. The molecule has 0 radical (unpaired) electrons. The van der Waals surface area contributed by atoms with Crippen molar-refractivity contribution in [3.63, 3.8) is 0 Å². The smallest absolute Gasteiger partial charge is 0.122 e. The molecule has 0 fully saturated rings. The van der Waals surface area contributed by atoms with Crippen molar-refractivity contribution in [1.29, 1.82) is 0 Å². The molecular formula is C13H21NO. The largest absolute Gasteiger partial charge is 0.496 e. The molecule has 2 heteroatoms. The number of hydrogen-bond donors (Lipinski definition) is 1. The van der Waals surface area contributed by atoms with Gasteiger partial charge in [-0.2, -0.15) is 0 Å². The van der Waals surface area contributed by atoms with Gasteiger partial charge in [0.15, 0.2) is 0 Å². The first kappa shape index (κ1) is 12.1. The molecule has 0 aliphatic rings. The van der Waals surface area contributed by atoms with Gasteiger partial charge in [0, 0.05) is 6.04 Å². The van der Waals surface area contributed by atoms with Crippen molar-refractivity contribution < 1.29 is 4.74 Å². The number of methoxy groups -OCH3 is 1. The zero-order chi connectivity index (χ0) is 11.4. The first-order chi connectivity index (χ1) is 7.04. The SMILES string of the molecule is COc1ccc(C)cc1C[C@H](N)C(C)C. The highest BCUT2D eigenvalue weighted by Gasteiger charge is 2.11. The van der Waals surface area contributed by atoms with E-state index in [-0.39, 0.29) is 6.04 Å². The van der Waals surface area contributed by atoms with Gasteiger partial charge >= 0.3 is 0 Å². The third-order valence-corrected chi connectivity index (χ3v) is 2.75. The lowest BCUT2D eigenvalue weighted by molar-refractivity contribution is 0.403. The minimum absolute atomic E-state index is 0.195. The van der Waals surface area contributed by atoms with E-state index < -0.39 is 0 Å². The second-order valence-corrected chi connectivity index (χ2v) is 4.43. The molecule has 1 atom stereocenters. The Kier molecular flexibility index (Phi) is 4.15. The summed E-state index contributed by atoms with van der Waals surface area (Å²) in [6, 6.07) is 6.42. The van der Waals surface area contributed by atoms with Crippen molar-refractivity contribution in [3.8, 4) is 5.75 Å². The summed E-state index contributed by atoms with van der Waals surface area (Å²) in [7, 11) is 1.70. The van der Waals surface area contributed by atoms with E-state index in [1.807, 2.05) is 6.07 Å². The zero-order valence-corrected chi connectivity index (χ0v) is 10.1. The van der Waals surface area contributed by atoms with Crippen LogP contribution in [0.3, 0.4) is 0 Å². The lowest BCUT2D eigenvalue weighted by Gasteiger charge is -2.17. The first-order valence-electron chi connectivity index (χ1n) is 5.43. The summed E-state index contributed by atoms with van der Waals surface area (Å²) in [6.45, 7) is 6.38. The van der Waals surface area contributed by atoms with Crippen LogP contribution in [0.2, 0.25) is 0 Å². The molecule has 0 spiro atoms. The fourth-order valence-electron chi connectivity index (χ4n) is 1.56. The molecule has 2 N–H and O–H groups in total. The molecule has 0 saturated heterocycles. The Bertz CT molecular complexity index is 320. The Hall–Kier alpha value is -1.02. The fraction of sp³-hybridized carbons (Fsp3) is 0.538. The minimum atomic E-state index is 0.195. The van der Waals surface area contributed by atoms with E-state index in [0.29, 0.717) is 5.92 Å². The second kappa shape index (κ2) is 5.17. The summed E-state index contributed by atoms with van der Waals surface area (Å²) in [5.74, 6) is 1.44. The number of ether oxygens (including phenoxy) is 1. The molecule has 15 heavy (non-hydrogen) atoms. The molecule has 1 rings (SSSR count). The van der Waals surface area contributed by atoms with Gasteiger partial charge in [-0.05, 0) is 30.9 Å². The Morgan fingerprint density at radius 1 is 1.33 bits per heavy atom. The maximum atomic E-state index is 6.07. The van der Waals surface area contributed by atoms with Crippen LogP contribution in [0.4, 0.5) is 0 Å². The second-order valence-electron chi connectivity index (χ2n) is 4.43. The summed E-state index contributed by atoms with van der Waals surface area (Å²) in [6.07, 6.45) is 0.878. The highest BCUT2D eigenvalue weighted by atomic mass is 16.5. The number of rotatable bonds is 4. The van der Waals surface area contributed by atoms with Gasteiger partial charge in [-0.25, -0.2) is 0 Å². The van der Waals surface area contributed by atoms with Gasteiger partial charge in [-0.1, -0.05) is 31.5 Å². The van der Waals surface area contributed by atoms with E-state index in [9.17, 15) is 0 Å². The van der Waals surface area contributed by atoms with Gasteiger partial charge < -0.3 is 10.5 Å². The van der Waals surface area contributed by atoms with E-state index in [1.165, 1.54) is 11.1 Å². The van der Waals surface area contributed by atoms with Crippen LogP contribution >= 0.6 is 0 Å². The minimum Gasteiger partial charge on any atom is -0.496 e. The predicted octanol–water partition coefficient (Wildman–Crippen LogP) is 2.53. The van der Waals surface area contributed by atoms with Gasteiger partial charge in [0.2, 0.25) is 0 Å². The van der Waals surface area contributed by atoms with E-state index in [0.717, 1.165) is 12.2 Å². The van der Waals surface area contributed by atoms with E-state index in [1.54, 1.807) is 7.11 Å². The molecule has 0 aliphatic carbocycles. The van der Waals surface area contributed by atoms with E-state index in [2.05, 4.69) is 32.9 Å². The zero-order valence-electron chi connectivity index (χ0n) is 10.1. The van der Waals surface area contributed by atoms with Crippen LogP contribution in [0.15, 0.2) is 18.2 Å².